The van der Waals surface area contributed by atoms with Gasteiger partial charge in [-0.2, -0.15) is 0 Å². The van der Waals surface area contributed by atoms with E-state index in [1.165, 1.54) is 25.7 Å². The van der Waals surface area contributed by atoms with Gasteiger partial charge < -0.3 is 29.2 Å². The second kappa shape index (κ2) is 14.6. The molecule has 4 unspecified atom stereocenters. The van der Waals surface area contributed by atoms with E-state index in [4.69, 9.17) is 18.9 Å². The molecule has 2 aromatic carbocycles. The van der Waals surface area contributed by atoms with Crippen LogP contribution in [0.2, 0.25) is 0 Å². The van der Waals surface area contributed by atoms with Crippen LogP contribution in [0.25, 0.3) is 0 Å². The molecule has 0 aliphatic heterocycles. The van der Waals surface area contributed by atoms with E-state index in [9.17, 15) is 10.2 Å². The molecule has 2 N–H and O–H groups in total. The van der Waals surface area contributed by atoms with Crippen molar-refractivity contribution < 1.29 is 29.2 Å². The van der Waals surface area contributed by atoms with E-state index in [1.54, 1.807) is 14.2 Å². The predicted molar refractivity (Wildman–Crippen MR) is 180 cm³/mol. The number of aliphatic hydroxyl groups is 2. The van der Waals surface area contributed by atoms with Crippen LogP contribution in [0.3, 0.4) is 0 Å². The number of methoxy groups -OCH3 is 2. The molecule has 2 aromatic rings. The van der Waals surface area contributed by atoms with Crippen molar-refractivity contribution in [3.8, 4) is 46.7 Å². The summed E-state index contributed by atoms with van der Waals surface area (Å²) in [5, 5.41) is 21.7. The highest BCUT2D eigenvalue weighted by Crippen LogP contribution is 2.44. The first kappa shape index (κ1) is 32.6. The first-order valence-corrected chi connectivity index (χ1v) is 17.5. The molecule has 0 bridgehead atoms. The summed E-state index contributed by atoms with van der Waals surface area (Å²) in [6, 6.07) is 12.3. The molecular formula is C40H50O6. The molecule has 4 fully saturated rings. The molecule has 4 saturated carbocycles. The maximum atomic E-state index is 10.8. The highest BCUT2D eigenvalue weighted by atomic mass is 16.5. The first-order chi connectivity index (χ1) is 22.4. The van der Waals surface area contributed by atoms with Crippen molar-refractivity contribution in [1.82, 2.24) is 0 Å². The van der Waals surface area contributed by atoms with Gasteiger partial charge >= 0.3 is 0 Å². The molecule has 6 heteroatoms. The Morgan fingerprint density at radius 3 is 1.35 bits per heavy atom. The van der Waals surface area contributed by atoms with Gasteiger partial charge in [0.05, 0.1) is 49.5 Å². The second-order valence-electron chi connectivity index (χ2n) is 13.9. The number of benzene rings is 2. The van der Waals surface area contributed by atoms with Gasteiger partial charge in [0.1, 0.15) is 0 Å². The van der Waals surface area contributed by atoms with Gasteiger partial charge in [-0.3, -0.25) is 0 Å². The fraction of sp³-hybridized carbons (Fsp3) is 0.600. The number of hydrogen-bond acceptors (Lipinski definition) is 6. The lowest BCUT2D eigenvalue weighted by Crippen LogP contribution is -2.34. The molecule has 4 aliphatic rings. The van der Waals surface area contributed by atoms with E-state index in [2.05, 4.69) is 47.9 Å². The summed E-state index contributed by atoms with van der Waals surface area (Å²) in [4.78, 5) is 0. The zero-order chi connectivity index (χ0) is 32.0. The Balaban J connectivity index is 1.34. The van der Waals surface area contributed by atoms with Crippen LogP contribution in [0.15, 0.2) is 36.4 Å². The quantitative estimate of drug-likeness (QED) is 0.298. The lowest BCUT2D eigenvalue weighted by Gasteiger charge is -2.36. The van der Waals surface area contributed by atoms with Crippen molar-refractivity contribution in [2.45, 2.75) is 138 Å². The fourth-order valence-electron chi connectivity index (χ4n) is 8.19. The minimum atomic E-state index is -0.534. The maximum Gasteiger partial charge on any atom is 0.161 e. The Morgan fingerprint density at radius 1 is 0.565 bits per heavy atom. The average molecular weight is 627 g/mol. The molecule has 46 heavy (non-hydrogen) atoms. The van der Waals surface area contributed by atoms with E-state index in [1.807, 2.05) is 12.1 Å². The van der Waals surface area contributed by atoms with Crippen molar-refractivity contribution in [3.05, 3.63) is 47.5 Å². The monoisotopic (exact) mass is 626 g/mol. The summed E-state index contributed by atoms with van der Waals surface area (Å²) >= 11 is 0. The molecule has 246 valence electrons. The zero-order valence-electron chi connectivity index (χ0n) is 27.6. The number of hydrogen-bond donors (Lipinski definition) is 2. The minimum Gasteiger partial charge on any atom is -0.493 e. The van der Waals surface area contributed by atoms with Gasteiger partial charge in [-0.15, -0.1) is 0 Å². The molecule has 0 heterocycles. The van der Waals surface area contributed by atoms with Crippen LogP contribution in [-0.4, -0.2) is 48.8 Å². The van der Waals surface area contributed by atoms with Gasteiger partial charge in [-0.05, 0) is 150 Å². The summed E-state index contributed by atoms with van der Waals surface area (Å²) in [6.45, 7) is 0. The van der Waals surface area contributed by atoms with E-state index in [-0.39, 0.29) is 12.2 Å². The van der Waals surface area contributed by atoms with Crippen molar-refractivity contribution in [3.63, 3.8) is 0 Å². The third-order valence-corrected chi connectivity index (χ3v) is 10.7. The van der Waals surface area contributed by atoms with E-state index < -0.39 is 23.0 Å². The number of rotatable bonds is 8. The highest BCUT2D eigenvalue weighted by Gasteiger charge is 2.38. The lowest BCUT2D eigenvalue weighted by atomic mass is 9.68. The summed E-state index contributed by atoms with van der Waals surface area (Å²) in [7, 11) is 3.35. The van der Waals surface area contributed by atoms with E-state index in [0.29, 0.717) is 12.8 Å². The smallest absolute Gasteiger partial charge is 0.161 e. The van der Waals surface area contributed by atoms with Crippen LogP contribution in [0.5, 0.6) is 23.0 Å². The largest absolute Gasteiger partial charge is 0.493 e. The van der Waals surface area contributed by atoms with Gasteiger partial charge in [0.25, 0.3) is 0 Å². The molecule has 6 nitrogen and oxygen atoms in total. The molecule has 0 spiro atoms. The normalized spacial score (nSPS) is 28.4. The van der Waals surface area contributed by atoms with Crippen LogP contribution in [0.4, 0.5) is 0 Å². The highest BCUT2D eigenvalue weighted by molar-refractivity contribution is 5.52. The molecule has 6 rings (SSSR count). The molecule has 0 amide bonds. The Morgan fingerprint density at radius 2 is 0.978 bits per heavy atom. The van der Waals surface area contributed by atoms with Gasteiger partial charge in [0, 0.05) is 0 Å². The minimum absolute atomic E-state index is 0.207. The first-order valence-electron chi connectivity index (χ1n) is 17.5. The molecule has 4 atom stereocenters. The Labute approximate surface area is 275 Å². The van der Waals surface area contributed by atoms with Crippen molar-refractivity contribution in [2.75, 3.05) is 14.2 Å². The van der Waals surface area contributed by atoms with Crippen LogP contribution < -0.4 is 18.9 Å². The standard InChI is InChI=1S/C40H50O6/c1-43-35-19-17-29(25-37(35)45-33-13-3-4-14-33)39(23-9-11-31(41)27-39)21-7-8-22-40(24-10-12-32(42)28-40)30-18-20-36(44-2)38(26-30)46-34-15-5-6-16-34/h17-20,25-26,31-34,41-42H,3-6,9-16,23-24,27-28H2,1-2H3. The summed E-state index contributed by atoms with van der Waals surface area (Å²) < 4.78 is 24.2. The van der Waals surface area contributed by atoms with Gasteiger partial charge in [0.2, 0.25) is 0 Å². The fourth-order valence-corrected chi connectivity index (χ4v) is 8.19. The van der Waals surface area contributed by atoms with E-state index >= 15 is 0 Å². The Hall–Kier alpha value is -3.32. The SMILES string of the molecule is COc1ccc(C2(C#CC#CC3(c4ccc(OC)c(OC5CCCC5)c4)CCCC(O)C3)CCCC(O)C2)cc1OC1CCCC1. The zero-order valence-corrected chi connectivity index (χ0v) is 27.6. The Kier molecular flexibility index (Phi) is 10.4. The van der Waals surface area contributed by atoms with Crippen molar-refractivity contribution in [2.24, 2.45) is 0 Å². The van der Waals surface area contributed by atoms with Gasteiger partial charge in [0.15, 0.2) is 23.0 Å². The molecule has 4 aliphatic carbocycles. The molecule has 0 saturated heterocycles. The third kappa shape index (κ3) is 7.30. The summed E-state index contributed by atoms with van der Waals surface area (Å²) in [6.07, 6.45) is 14.7. The van der Waals surface area contributed by atoms with Crippen LogP contribution >= 0.6 is 0 Å². The molecular weight excluding hydrogens is 576 g/mol. The van der Waals surface area contributed by atoms with Crippen molar-refractivity contribution in [1.29, 1.82) is 0 Å². The van der Waals surface area contributed by atoms with Crippen LogP contribution in [0, 0.1) is 23.7 Å². The van der Waals surface area contributed by atoms with Crippen LogP contribution in [-0.2, 0) is 10.8 Å². The summed E-state index contributed by atoms with van der Waals surface area (Å²) in [5.41, 5.74) is 1.02. The number of ether oxygens (including phenoxy) is 4. The molecule has 0 radical (unpaired) electrons. The van der Waals surface area contributed by atoms with Crippen molar-refractivity contribution >= 4 is 0 Å². The average Bonchev–Trinajstić information content (AvgIpc) is 3.78. The predicted octanol–water partition coefficient (Wildman–Crippen LogP) is 7.40. The van der Waals surface area contributed by atoms with Gasteiger partial charge in [-0.25, -0.2) is 0 Å². The lowest BCUT2D eigenvalue weighted by molar-refractivity contribution is 0.102. The topological polar surface area (TPSA) is 77.4 Å². The van der Waals surface area contributed by atoms with Crippen LogP contribution in [0.1, 0.15) is 114 Å². The Bertz CT molecular complexity index is 1350. The second-order valence-corrected chi connectivity index (χ2v) is 13.9. The molecule has 0 aromatic heterocycles. The van der Waals surface area contributed by atoms with Gasteiger partial charge in [-0.1, -0.05) is 24.0 Å². The summed E-state index contributed by atoms with van der Waals surface area (Å²) in [5.74, 6) is 16.6. The maximum absolute atomic E-state index is 10.8. The number of aliphatic hydroxyl groups excluding tert-OH is 2. The third-order valence-electron chi connectivity index (χ3n) is 10.7. The van der Waals surface area contributed by atoms with E-state index in [0.717, 1.165) is 98.3 Å².